The predicted octanol–water partition coefficient (Wildman–Crippen LogP) is 3.73. The minimum Gasteiger partial charge on any atom is -0.489 e. The molecule has 1 aromatic heterocycles. The van der Waals surface area contributed by atoms with Crippen molar-refractivity contribution in [1.29, 1.82) is 0 Å². The Hall–Kier alpha value is -3.12. The van der Waals surface area contributed by atoms with Crippen molar-refractivity contribution in [1.82, 2.24) is 4.98 Å². The lowest BCUT2D eigenvalue weighted by Gasteiger charge is -2.23. The first kappa shape index (κ1) is 18.3. The van der Waals surface area contributed by atoms with Crippen molar-refractivity contribution in [3.63, 3.8) is 0 Å². The molecule has 6 heteroatoms. The highest BCUT2D eigenvalue weighted by molar-refractivity contribution is 6.12. The zero-order valence-electron chi connectivity index (χ0n) is 15.4. The molecule has 0 spiro atoms. The summed E-state index contributed by atoms with van der Waals surface area (Å²) in [6, 6.07) is 15.8. The minimum absolute atomic E-state index is 0.0779. The average Bonchev–Trinajstić information content (AvgIpc) is 2.73. The van der Waals surface area contributed by atoms with Gasteiger partial charge in [0.2, 0.25) is 5.56 Å². The summed E-state index contributed by atoms with van der Waals surface area (Å²) in [5, 5.41) is 3.56. The summed E-state index contributed by atoms with van der Waals surface area (Å²) < 4.78 is 11.6. The summed E-state index contributed by atoms with van der Waals surface area (Å²) in [4.78, 5) is 27.6. The number of para-hydroxylation sites is 3. The number of ether oxygens (including phenoxy) is 2. The molecule has 0 saturated carbocycles. The van der Waals surface area contributed by atoms with E-state index in [1.807, 2.05) is 36.4 Å². The first-order valence-electron chi connectivity index (χ1n) is 9.47. The first-order valence-corrected chi connectivity index (χ1v) is 9.47. The Kier molecular flexibility index (Phi) is 5.39. The van der Waals surface area contributed by atoms with Gasteiger partial charge in [-0.25, -0.2) is 0 Å². The first-order chi connectivity index (χ1) is 13.7. The maximum Gasteiger partial charge on any atom is 0.256 e. The van der Waals surface area contributed by atoms with E-state index in [0.717, 1.165) is 25.9 Å². The van der Waals surface area contributed by atoms with Crippen molar-refractivity contribution >= 4 is 22.5 Å². The number of hydrogen-bond donors (Lipinski definition) is 2. The van der Waals surface area contributed by atoms with E-state index < -0.39 is 0 Å². The summed E-state index contributed by atoms with van der Waals surface area (Å²) in [7, 11) is 0. The molecule has 1 aliphatic rings. The van der Waals surface area contributed by atoms with Crippen LogP contribution in [0.25, 0.3) is 10.9 Å². The van der Waals surface area contributed by atoms with Crippen molar-refractivity contribution in [2.75, 3.05) is 18.5 Å². The summed E-state index contributed by atoms with van der Waals surface area (Å²) in [5.41, 5.74) is 1.19. The highest BCUT2D eigenvalue weighted by atomic mass is 16.5. The van der Waals surface area contributed by atoms with Crippen molar-refractivity contribution in [3.05, 3.63) is 70.5 Å². The van der Waals surface area contributed by atoms with Crippen molar-refractivity contribution in [3.8, 4) is 5.75 Å². The molecule has 1 unspecified atom stereocenters. The van der Waals surface area contributed by atoms with Crippen LogP contribution in [0.4, 0.5) is 5.69 Å². The predicted molar refractivity (Wildman–Crippen MR) is 108 cm³/mol. The molecular formula is C22H22N2O4. The van der Waals surface area contributed by atoms with Gasteiger partial charge in [0.25, 0.3) is 5.91 Å². The molecule has 2 N–H and O–H groups in total. The highest BCUT2D eigenvalue weighted by Crippen LogP contribution is 2.26. The van der Waals surface area contributed by atoms with Crippen LogP contribution in [0.3, 0.4) is 0 Å². The maximum atomic E-state index is 12.9. The Balaban J connectivity index is 1.55. The van der Waals surface area contributed by atoms with E-state index in [9.17, 15) is 9.59 Å². The fourth-order valence-corrected chi connectivity index (χ4v) is 3.40. The lowest BCUT2D eigenvalue weighted by Crippen LogP contribution is -2.26. The molecule has 0 radical (unpaired) electrons. The molecule has 4 rings (SSSR count). The number of anilines is 1. The van der Waals surface area contributed by atoms with Gasteiger partial charge >= 0.3 is 0 Å². The van der Waals surface area contributed by atoms with Crippen molar-refractivity contribution in [2.24, 2.45) is 0 Å². The lowest BCUT2D eigenvalue weighted by atomic mass is 10.1. The van der Waals surface area contributed by atoms with E-state index >= 15 is 0 Å². The summed E-state index contributed by atoms with van der Waals surface area (Å²) >= 11 is 0. The quantitative estimate of drug-likeness (QED) is 0.709. The summed E-state index contributed by atoms with van der Waals surface area (Å²) in [5.74, 6) is 0.228. The Labute approximate surface area is 162 Å². The number of carbonyl (C=O) groups is 1. The Morgan fingerprint density at radius 2 is 1.96 bits per heavy atom. The van der Waals surface area contributed by atoms with Crippen LogP contribution in [0.2, 0.25) is 0 Å². The monoisotopic (exact) mass is 378 g/mol. The number of pyridine rings is 1. The van der Waals surface area contributed by atoms with Crippen LogP contribution in [0.15, 0.2) is 59.4 Å². The molecule has 0 bridgehead atoms. The van der Waals surface area contributed by atoms with Crippen LogP contribution in [0, 0.1) is 0 Å². The number of amides is 1. The molecule has 1 fully saturated rings. The molecule has 1 amide bonds. The fourth-order valence-electron chi connectivity index (χ4n) is 3.40. The Bertz CT molecular complexity index is 1040. The van der Waals surface area contributed by atoms with Gasteiger partial charge in [0.15, 0.2) is 0 Å². The number of rotatable bonds is 5. The molecule has 28 heavy (non-hydrogen) atoms. The number of nitrogens with one attached hydrogen (secondary N) is 2. The molecule has 3 aromatic rings. The molecular weight excluding hydrogens is 356 g/mol. The van der Waals surface area contributed by atoms with E-state index in [-0.39, 0.29) is 17.6 Å². The molecule has 2 heterocycles. The number of benzene rings is 2. The highest BCUT2D eigenvalue weighted by Gasteiger charge is 2.17. The summed E-state index contributed by atoms with van der Waals surface area (Å²) in [6.45, 7) is 1.21. The Morgan fingerprint density at radius 3 is 2.82 bits per heavy atom. The van der Waals surface area contributed by atoms with Crippen LogP contribution >= 0.6 is 0 Å². The van der Waals surface area contributed by atoms with Gasteiger partial charge in [0, 0.05) is 23.6 Å². The van der Waals surface area contributed by atoms with Gasteiger partial charge in [-0.15, -0.1) is 0 Å². The number of H-pyrrole nitrogens is 1. The maximum absolute atomic E-state index is 12.9. The van der Waals surface area contributed by atoms with Gasteiger partial charge in [-0.3, -0.25) is 9.59 Å². The van der Waals surface area contributed by atoms with E-state index in [4.69, 9.17) is 9.47 Å². The number of carbonyl (C=O) groups excluding carboxylic acids is 1. The fraction of sp³-hybridized carbons (Fsp3) is 0.273. The standard InChI is InChI=1S/C22H22N2O4/c25-21-13-17(16-8-1-2-9-18(16)23-21)22(26)24-19-10-3-4-11-20(19)28-14-15-7-5-6-12-27-15/h1-4,8-11,13,15H,5-7,12,14H2,(H,23,25)(H,24,26). The average molecular weight is 378 g/mol. The lowest BCUT2D eigenvalue weighted by molar-refractivity contribution is -0.0109. The van der Waals surface area contributed by atoms with Crippen LogP contribution in [-0.2, 0) is 4.74 Å². The largest absolute Gasteiger partial charge is 0.489 e. The topological polar surface area (TPSA) is 80.4 Å². The third-order valence-electron chi connectivity index (χ3n) is 4.83. The molecule has 1 atom stereocenters. The van der Waals surface area contributed by atoms with E-state index in [1.54, 1.807) is 12.1 Å². The smallest absolute Gasteiger partial charge is 0.256 e. The van der Waals surface area contributed by atoms with Gasteiger partial charge in [-0.2, -0.15) is 0 Å². The van der Waals surface area contributed by atoms with Crippen LogP contribution in [0.5, 0.6) is 5.75 Å². The summed E-state index contributed by atoms with van der Waals surface area (Å²) in [6.07, 6.45) is 3.29. The number of hydrogen-bond acceptors (Lipinski definition) is 4. The second-order valence-corrected chi connectivity index (χ2v) is 6.84. The van der Waals surface area contributed by atoms with Gasteiger partial charge in [0.05, 0.1) is 17.4 Å². The van der Waals surface area contributed by atoms with Crippen molar-refractivity contribution in [2.45, 2.75) is 25.4 Å². The van der Waals surface area contributed by atoms with E-state index in [2.05, 4.69) is 10.3 Å². The molecule has 6 nitrogen and oxygen atoms in total. The molecule has 0 aliphatic carbocycles. The van der Waals surface area contributed by atoms with Crippen LogP contribution in [0.1, 0.15) is 29.6 Å². The third-order valence-corrected chi connectivity index (χ3v) is 4.83. The molecule has 2 aromatic carbocycles. The van der Waals surface area contributed by atoms with Gasteiger partial charge in [-0.05, 0) is 37.5 Å². The molecule has 1 aliphatic heterocycles. The van der Waals surface area contributed by atoms with Crippen LogP contribution in [-0.4, -0.2) is 30.2 Å². The zero-order chi connectivity index (χ0) is 19.3. The van der Waals surface area contributed by atoms with Gasteiger partial charge in [-0.1, -0.05) is 30.3 Å². The number of aromatic amines is 1. The number of aromatic nitrogens is 1. The Morgan fingerprint density at radius 1 is 1.14 bits per heavy atom. The van der Waals surface area contributed by atoms with E-state index in [0.29, 0.717) is 34.5 Å². The SMILES string of the molecule is O=C(Nc1ccccc1OCC1CCCCO1)c1cc(=O)[nH]c2ccccc12. The second kappa shape index (κ2) is 8.27. The van der Waals surface area contributed by atoms with Gasteiger partial charge in [0.1, 0.15) is 12.4 Å². The normalized spacial score (nSPS) is 16.6. The minimum atomic E-state index is -0.354. The zero-order valence-corrected chi connectivity index (χ0v) is 15.4. The second-order valence-electron chi connectivity index (χ2n) is 6.84. The van der Waals surface area contributed by atoms with Gasteiger partial charge < -0.3 is 19.8 Å². The van der Waals surface area contributed by atoms with E-state index in [1.165, 1.54) is 6.07 Å². The van der Waals surface area contributed by atoms with Crippen molar-refractivity contribution < 1.29 is 14.3 Å². The molecule has 1 saturated heterocycles. The van der Waals surface area contributed by atoms with Crippen LogP contribution < -0.4 is 15.6 Å². The number of fused-ring (bicyclic) bond motifs is 1. The molecule has 144 valence electrons. The third kappa shape index (κ3) is 4.07.